The number of aromatic nitrogens is 1. The molecule has 8 heteroatoms. The van der Waals surface area contributed by atoms with E-state index in [4.69, 9.17) is 5.11 Å². The fourth-order valence-corrected chi connectivity index (χ4v) is 3.07. The number of likely N-dealkylation sites (N-methyl/N-ethyl adjacent to an activating group) is 1. The maximum Gasteiger partial charge on any atom is 0.321 e. The zero-order chi connectivity index (χ0) is 15.4. The molecule has 1 heterocycles. The number of aryl methyl sites for hydroxylation is 1. The first kappa shape index (κ1) is 15.7. The Labute approximate surface area is 127 Å². The van der Waals surface area contributed by atoms with E-state index in [0.29, 0.717) is 11.7 Å². The number of aliphatic carboxylic acids is 1. The van der Waals surface area contributed by atoms with Crippen LogP contribution in [0.1, 0.15) is 24.6 Å². The predicted octanol–water partition coefficient (Wildman–Crippen LogP) is 1.51. The highest BCUT2D eigenvalue weighted by molar-refractivity contribution is 7.15. The van der Waals surface area contributed by atoms with Crippen molar-refractivity contribution in [3.05, 3.63) is 11.1 Å². The van der Waals surface area contributed by atoms with E-state index in [1.807, 2.05) is 18.7 Å². The number of thiazole rings is 1. The minimum atomic E-state index is -0.815. The van der Waals surface area contributed by atoms with Crippen molar-refractivity contribution in [2.24, 2.45) is 0 Å². The average molecular weight is 312 g/mol. The van der Waals surface area contributed by atoms with E-state index >= 15 is 0 Å². The highest BCUT2D eigenvalue weighted by Gasteiger charge is 2.34. The van der Waals surface area contributed by atoms with Crippen molar-refractivity contribution in [2.45, 2.75) is 38.8 Å². The Bertz CT molecular complexity index is 513. The number of carboxylic acids is 1. The van der Waals surface area contributed by atoms with Gasteiger partial charge in [0.2, 0.25) is 0 Å². The molecule has 7 nitrogen and oxygen atoms in total. The third-order valence-corrected chi connectivity index (χ3v) is 4.38. The lowest BCUT2D eigenvalue weighted by Gasteiger charge is -2.42. The van der Waals surface area contributed by atoms with E-state index in [2.05, 4.69) is 15.6 Å². The molecule has 1 aliphatic carbocycles. The summed E-state index contributed by atoms with van der Waals surface area (Å²) in [7, 11) is 0. The van der Waals surface area contributed by atoms with E-state index in [9.17, 15) is 9.59 Å². The third-order valence-electron chi connectivity index (χ3n) is 3.55. The zero-order valence-corrected chi connectivity index (χ0v) is 12.9. The first-order chi connectivity index (χ1) is 9.97. The Kier molecular flexibility index (Phi) is 5.13. The molecule has 1 aliphatic rings. The molecule has 116 valence electrons. The minimum Gasteiger partial charge on any atom is -0.480 e. The highest BCUT2D eigenvalue weighted by Crippen LogP contribution is 2.25. The van der Waals surface area contributed by atoms with Gasteiger partial charge in [-0.3, -0.25) is 15.0 Å². The van der Waals surface area contributed by atoms with Gasteiger partial charge in [-0.15, -0.1) is 11.3 Å². The average Bonchev–Trinajstić information content (AvgIpc) is 2.76. The van der Waals surface area contributed by atoms with Crippen LogP contribution in [0.3, 0.4) is 0 Å². The molecular weight excluding hydrogens is 292 g/mol. The van der Waals surface area contributed by atoms with Crippen LogP contribution < -0.4 is 10.6 Å². The minimum absolute atomic E-state index is 0.0540. The Balaban J connectivity index is 1.72. The number of anilines is 1. The summed E-state index contributed by atoms with van der Waals surface area (Å²) < 4.78 is 0. The summed E-state index contributed by atoms with van der Waals surface area (Å²) in [5.41, 5.74) is 0. The lowest BCUT2D eigenvalue weighted by atomic mass is 9.85. The number of urea groups is 1. The number of nitrogens with one attached hydrogen (secondary N) is 2. The number of carbonyl (C=O) groups is 2. The summed E-state index contributed by atoms with van der Waals surface area (Å²) in [6.07, 6.45) is 3.28. The number of hydrogen-bond donors (Lipinski definition) is 3. The van der Waals surface area contributed by atoms with Crippen molar-refractivity contribution in [2.75, 3.05) is 18.4 Å². The smallest absolute Gasteiger partial charge is 0.321 e. The molecule has 0 atom stereocenters. The Morgan fingerprint density at radius 3 is 2.76 bits per heavy atom. The molecular formula is C13H20N4O3S. The number of amides is 2. The fourth-order valence-electron chi connectivity index (χ4n) is 2.41. The molecule has 0 bridgehead atoms. The second-order valence-electron chi connectivity index (χ2n) is 5.15. The maximum absolute atomic E-state index is 11.8. The molecule has 2 rings (SSSR count). The summed E-state index contributed by atoms with van der Waals surface area (Å²) in [5.74, 6) is -0.815. The largest absolute Gasteiger partial charge is 0.480 e. The predicted molar refractivity (Wildman–Crippen MR) is 80.7 cm³/mol. The van der Waals surface area contributed by atoms with Crippen molar-refractivity contribution in [1.82, 2.24) is 15.2 Å². The van der Waals surface area contributed by atoms with Gasteiger partial charge >= 0.3 is 12.0 Å². The van der Waals surface area contributed by atoms with Crippen LogP contribution in [0.2, 0.25) is 0 Å². The van der Waals surface area contributed by atoms with Crippen LogP contribution in [0.25, 0.3) is 0 Å². The monoisotopic (exact) mass is 312 g/mol. The molecule has 1 fully saturated rings. The molecule has 3 N–H and O–H groups in total. The third kappa shape index (κ3) is 4.40. The van der Waals surface area contributed by atoms with E-state index in [1.165, 1.54) is 11.3 Å². The van der Waals surface area contributed by atoms with Crippen LogP contribution >= 0.6 is 11.3 Å². The molecule has 0 unspecified atom stereocenters. The highest BCUT2D eigenvalue weighted by atomic mass is 32.1. The molecule has 0 aliphatic heterocycles. The number of hydrogen-bond acceptors (Lipinski definition) is 5. The lowest BCUT2D eigenvalue weighted by Crippen LogP contribution is -2.55. The van der Waals surface area contributed by atoms with E-state index in [1.54, 1.807) is 6.20 Å². The molecule has 0 saturated heterocycles. The molecule has 1 aromatic rings. The molecule has 0 spiro atoms. The van der Waals surface area contributed by atoms with Crippen LogP contribution in [-0.2, 0) is 4.79 Å². The summed E-state index contributed by atoms with van der Waals surface area (Å²) in [6, 6.07) is 0.0755. The molecule has 1 aromatic heterocycles. The zero-order valence-electron chi connectivity index (χ0n) is 12.1. The summed E-state index contributed by atoms with van der Waals surface area (Å²) in [4.78, 5) is 29.6. The second-order valence-corrected chi connectivity index (χ2v) is 6.39. The first-order valence-electron chi connectivity index (χ1n) is 6.93. The summed E-state index contributed by atoms with van der Waals surface area (Å²) in [6.45, 7) is 4.63. The van der Waals surface area contributed by atoms with Gasteiger partial charge in [-0.1, -0.05) is 6.92 Å². The van der Waals surface area contributed by atoms with E-state index in [0.717, 1.165) is 17.7 Å². The molecule has 1 saturated carbocycles. The number of nitrogens with zero attached hydrogens (tertiary/aromatic N) is 2. The van der Waals surface area contributed by atoms with Gasteiger partial charge in [-0.2, -0.15) is 0 Å². The molecule has 0 radical (unpaired) electrons. The van der Waals surface area contributed by atoms with Gasteiger partial charge in [0.15, 0.2) is 5.13 Å². The standard InChI is InChI=1S/C13H20N4O3S/c1-3-17(7-11(18)19)10-4-9(5-10)15-12(20)16-13-14-6-8(2)21-13/h6,9-10H,3-5,7H2,1-2H3,(H,18,19)(H2,14,15,16,20). The van der Waals surface area contributed by atoms with Gasteiger partial charge in [-0.05, 0) is 26.3 Å². The molecule has 2 amide bonds. The normalized spacial score (nSPS) is 20.9. The second kappa shape index (κ2) is 6.86. The Morgan fingerprint density at radius 2 is 2.24 bits per heavy atom. The van der Waals surface area contributed by atoms with Gasteiger partial charge in [0.25, 0.3) is 0 Å². The van der Waals surface area contributed by atoms with Crippen molar-refractivity contribution < 1.29 is 14.7 Å². The van der Waals surface area contributed by atoms with Gasteiger partial charge in [-0.25, -0.2) is 9.78 Å². The van der Waals surface area contributed by atoms with Crippen LogP contribution in [0.15, 0.2) is 6.20 Å². The number of carboxylic acid groups (broad SMARTS) is 1. The number of rotatable bonds is 6. The van der Waals surface area contributed by atoms with Gasteiger partial charge < -0.3 is 10.4 Å². The molecule has 0 aromatic carbocycles. The topological polar surface area (TPSA) is 94.6 Å². The van der Waals surface area contributed by atoms with Crippen molar-refractivity contribution in [1.29, 1.82) is 0 Å². The summed E-state index contributed by atoms with van der Waals surface area (Å²) >= 11 is 1.43. The van der Waals surface area contributed by atoms with E-state index in [-0.39, 0.29) is 24.7 Å². The van der Waals surface area contributed by atoms with E-state index < -0.39 is 5.97 Å². The maximum atomic E-state index is 11.8. The molecule has 21 heavy (non-hydrogen) atoms. The van der Waals surface area contributed by atoms with Crippen LogP contribution in [0.4, 0.5) is 9.93 Å². The van der Waals surface area contributed by atoms with Crippen molar-refractivity contribution in [3.63, 3.8) is 0 Å². The van der Waals surface area contributed by atoms with Gasteiger partial charge in [0.05, 0.1) is 6.54 Å². The SMILES string of the molecule is CCN(CC(=O)O)C1CC(NC(=O)Nc2ncc(C)s2)C1. The van der Waals surface area contributed by atoms with Gasteiger partial charge in [0.1, 0.15) is 0 Å². The van der Waals surface area contributed by atoms with Gasteiger partial charge in [0, 0.05) is 23.2 Å². The Morgan fingerprint density at radius 1 is 1.52 bits per heavy atom. The first-order valence-corrected chi connectivity index (χ1v) is 7.75. The van der Waals surface area contributed by atoms with Crippen LogP contribution in [0, 0.1) is 6.92 Å². The summed E-state index contributed by atoms with van der Waals surface area (Å²) in [5, 5.41) is 15.0. The fraction of sp³-hybridized carbons (Fsp3) is 0.615. The Hall–Kier alpha value is -1.67. The quantitative estimate of drug-likeness (QED) is 0.740. The number of carbonyl (C=O) groups excluding carboxylic acids is 1. The van der Waals surface area contributed by atoms with Crippen LogP contribution in [-0.4, -0.2) is 52.2 Å². The van der Waals surface area contributed by atoms with Crippen LogP contribution in [0.5, 0.6) is 0 Å². The van der Waals surface area contributed by atoms with Crippen molar-refractivity contribution in [3.8, 4) is 0 Å². The lowest BCUT2D eigenvalue weighted by molar-refractivity contribution is -0.139. The van der Waals surface area contributed by atoms with Crippen molar-refractivity contribution >= 4 is 28.5 Å².